The molecule has 1 aromatic rings. The van der Waals surface area contributed by atoms with E-state index in [-0.39, 0.29) is 0 Å². The molecule has 0 aliphatic heterocycles. The fourth-order valence-electron chi connectivity index (χ4n) is 2.12. The van der Waals surface area contributed by atoms with E-state index in [1.807, 2.05) is 0 Å². The molecule has 0 fully saturated rings. The molecule has 22 heavy (non-hydrogen) atoms. The topological polar surface area (TPSA) is 29.0 Å². The van der Waals surface area contributed by atoms with Crippen LogP contribution in [0.3, 0.4) is 0 Å². The first-order valence-corrected chi connectivity index (χ1v) is 10.1. The Kier molecular flexibility index (Phi) is 16.3. The second kappa shape index (κ2) is 16.1. The van der Waals surface area contributed by atoms with Crippen LogP contribution in [-0.2, 0) is 0 Å². The summed E-state index contributed by atoms with van der Waals surface area (Å²) in [6.45, 7) is 3.54. The molecule has 3 nitrogen and oxygen atoms in total. The number of aromatic nitrogens is 2. The molecule has 0 unspecified atom stereocenters. The summed E-state index contributed by atoms with van der Waals surface area (Å²) < 4.78 is 1.31. The Morgan fingerprint density at radius 1 is 0.773 bits per heavy atom. The van der Waals surface area contributed by atoms with Crippen LogP contribution in [-0.4, -0.2) is 35.7 Å². The monoisotopic (exact) mass is 363 g/mol. The standard InChI is InChI=1S/C14H31N.C2H2N2S3/c1-4-5-6-7-8-9-10-11-12-13-14-15(2)3;5-1-3-4-2(6)7-1/h4-14H2,1-3H3;(H,3,5)(H,4,6). The summed E-state index contributed by atoms with van der Waals surface area (Å²) in [5.74, 6) is 0. The van der Waals surface area contributed by atoms with E-state index >= 15 is 0 Å². The molecule has 0 aromatic carbocycles. The van der Waals surface area contributed by atoms with Crippen molar-refractivity contribution in [3.63, 3.8) is 0 Å². The minimum Gasteiger partial charge on any atom is -0.309 e. The Balaban J connectivity index is 0.000000518. The molecule has 0 saturated carbocycles. The fraction of sp³-hybridized carbons (Fsp3) is 0.875. The van der Waals surface area contributed by atoms with E-state index in [1.54, 1.807) is 0 Å². The predicted octanol–water partition coefficient (Wildman–Crippen LogP) is 5.58. The summed E-state index contributed by atoms with van der Waals surface area (Å²) in [5, 5.41) is 7.15. The lowest BCUT2D eigenvalue weighted by molar-refractivity contribution is 0.389. The largest absolute Gasteiger partial charge is 0.309 e. The zero-order chi connectivity index (χ0) is 16.6. The number of hydrogen-bond acceptors (Lipinski definition) is 6. The van der Waals surface area contributed by atoms with Gasteiger partial charge in [-0.15, -0.1) is 35.5 Å². The molecule has 0 saturated heterocycles. The molecule has 0 bridgehead atoms. The fourth-order valence-corrected chi connectivity index (χ4v) is 3.27. The zero-order valence-corrected chi connectivity index (χ0v) is 17.0. The van der Waals surface area contributed by atoms with Gasteiger partial charge in [-0.1, -0.05) is 76.0 Å². The van der Waals surface area contributed by atoms with Crippen molar-refractivity contribution in [1.29, 1.82) is 0 Å². The van der Waals surface area contributed by atoms with Crippen LogP contribution in [0.15, 0.2) is 8.68 Å². The SMILES string of the molecule is CCCCCCCCCCCCN(C)C.Sc1nnc(S)s1. The predicted molar refractivity (Wildman–Crippen MR) is 105 cm³/mol. The Labute approximate surface area is 152 Å². The summed E-state index contributed by atoms with van der Waals surface area (Å²) >= 11 is 9.15. The van der Waals surface area contributed by atoms with Gasteiger partial charge >= 0.3 is 0 Å². The molecule has 130 valence electrons. The van der Waals surface area contributed by atoms with Crippen molar-refractivity contribution >= 4 is 36.6 Å². The van der Waals surface area contributed by atoms with Crippen LogP contribution >= 0.6 is 36.6 Å². The summed E-state index contributed by atoms with van der Waals surface area (Å²) in [5.41, 5.74) is 0. The average Bonchev–Trinajstić information content (AvgIpc) is 2.85. The third-order valence-electron chi connectivity index (χ3n) is 3.36. The van der Waals surface area contributed by atoms with Crippen LogP contribution in [0.4, 0.5) is 0 Å². The molecule has 6 heteroatoms. The first-order valence-electron chi connectivity index (χ1n) is 8.42. The van der Waals surface area contributed by atoms with Gasteiger partial charge in [0.25, 0.3) is 0 Å². The molecule has 0 aliphatic rings. The second-order valence-electron chi connectivity index (χ2n) is 5.85. The third-order valence-corrected chi connectivity index (χ3v) is 4.62. The zero-order valence-electron chi connectivity index (χ0n) is 14.4. The minimum absolute atomic E-state index is 0.657. The van der Waals surface area contributed by atoms with Crippen LogP contribution in [0.5, 0.6) is 0 Å². The number of rotatable bonds is 11. The van der Waals surface area contributed by atoms with Gasteiger partial charge in [0, 0.05) is 0 Å². The molecular weight excluding hydrogens is 330 g/mol. The van der Waals surface area contributed by atoms with Crippen LogP contribution in [0, 0.1) is 0 Å². The van der Waals surface area contributed by atoms with E-state index in [0.717, 1.165) is 0 Å². The average molecular weight is 364 g/mol. The van der Waals surface area contributed by atoms with Gasteiger partial charge in [-0.25, -0.2) is 0 Å². The van der Waals surface area contributed by atoms with Crippen LogP contribution in [0.1, 0.15) is 71.1 Å². The van der Waals surface area contributed by atoms with Crippen molar-refractivity contribution in [1.82, 2.24) is 15.1 Å². The Morgan fingerprint density at radius 3 is 1.50 bits per heavy atom. The van der Waals surface area contributed by atoms with Gasteiger partial charge in [0.1, 0.15) is 0 Å². The molecule has 0 radical (unpaired) electrons. The molecule has 0 amide bonds. The van der Waals surface area contributed by atoms with Crippen LogP contribution in [0.25, 0.3) is 0 Å². The molecule has 0 atom stereocenters. The first-order chi connectivity index (χ1) is 10.6. The summed E-state index contributed by atoms with van der Waals surface area (Å²) in [7, 11) is 4.32. The highest BCUT2D eigenvalue weighted by molar-refractivity contribution is 7.85. The molecule has 0 spiro atoms. The summed E-state index contributed by atoms with van der Waals surface area (Å²) in [6, 6.07) is 0. The lowest BCUT2D eigenvalue weighted by Crippen LogP contribution is -2.12. The highest BCUT2D eigenvalue weighted by atomic mass is 32.2. The van der Waals surface area contributed by atoms with Crippen molar-refractivity contribution in [2.75, 3.05) is 20.6 Å². The number of thiol groups is 2. The number of unbranched alkanes of at least 4 members (excludes halogenated alkanes) is 9. The van der Waals surface area contributed by atoms with Gasteiger partial charge in [0.05, 0.1) is 0 Å². The first kappa shape index (κ1) is 22.2. The minimum atomic E-state index is 0.657. The van der Waals surface area contributed by atoms with Crippen LogP contribution in [0.2, 0.25) is 0 Å². The number of hydrogen-bond donors (Lipinski definition) is 2. The maximum Gasteiger partial charge on any atom is 0.172 e. The van der Waals surface area contributed by atoms with E-state index in [4.69, 9.17) is 0 Å². The Hall–Kier alpha value is 0.220. The van der Waals surface area contributed by atoms with Gasteiger partial charge in [-0.2, -0.15) is 0 Å². The van der Waals surface area contributed by atoms with Crippen molar-refractivity contribution in [3.8, 4) is 0 Å². The van der Waals surface area contributed by atoms with E-state index in [1.165, 1.54) is 82.1 Å². The number of nitrogens with zero attached hydrogens (tertiary/aromatic N) is 3. The highest BCUT2D eigenvalue weighted by Gasteiger charge is 1.93. The van der Waals surface area contributed by atoms with Crippen molar-refractivity contribution in [3.05, 3.63) is 0 Å². The smallest absolute Gasteiger partial charge is 0.172 e. The lowest BCUT2D eigenvalue weighted by Gasteiger charge is -2.08. The van der Waals surface area contributed by atoms with Gasteiger partial charge in [0.2, 0.25) is 0 Å². The van der Waals surface area contributed by atoms with E-state index < -0.39 is 0 Å². The molecule has 1 rings (SSSR count). The van der Waals surface area contributed by atoms with Gasteiger partial charge in [-0.3, -0.25) is 0 Å². The Morgan fingerprint density at radius 2 is 1.18 bits per heavy atom. The van der Waals surface area contributed by atoms with Crippen molar-refractivity contribution < 1.29 is 0 Å². The quantitative estimate of drug-likeness (QED) is 0.397. The van der Waals surface area contributed by atoms with E-state index in [9.17, 15) is 0 Å². The summed E-state index contributed by atoms with van der Waals surface area (Å²) in [6.07, 6.45) is 14.4. The maximum atomic E-state index is 3.90. The molecule has 0 aliphatic carbocycles. The molecule has 0 N–H and O–H groups in total. The Bertz CT molecular complexity index is 327. The van der Waals surface area contributed by atoms with Crippen molar-refractivity contribution in [2.24, 2.45) is 0 Å². The van der Waals surface area contributed by atoms with Gasteiger partial charge in [-0.05, 0) is 27.1 Å². The van der Waals surface area contributed by atoms with Crippen LogP contribution < -0.4 is 0 Å². The lowest BCUT2D eigenvalue weighted by atomic mass is 10.1. The molecule has 1 aromatic heterocycles. The highest BCUT2D eigenvalue weighted by Crippen LogP contribution is 2.15. The maximum absolute atomic E-state index is 3.90. The normalized spacial score (nSPS) is 10.6. The van der Waals surface area contributed by atoms with Gasteiger partial charge < -0.3 is 4.90 Å². The second-order valence-corrected chi connectivity index (χ2v) is 8.28. The summed E-state index contributed by atoms with van der Waals surface area (Å²) in [4.78, 5) is 2.28. The van der Waals surface area contributed by atoms with E-state index in [0.29, 0.717) is 8.68 Å². The van der Waals surface area contributed by atoms with Gasteiger partial charge in [0.15, 0.2) is 8.68 Å². The molecular formula is C16H33N3S3. The van der Waals surface area contributed by atoms with E-state index in [2.05, 4.69) is 61.4 Å². The third kappa shape index (κ3) is 16.6. The molecule has 1 heterocycles. The van der Waals surface area contributed by atoms with Crippen molar-refractivity contribution in [2.45, 2.75) is 79.8 Å².